The van der Waals surface area contributed by atoms with Gasteiger partial charge in [0.15, 0.2) is 0 Å². The normalized spacial score (nSPS) is 12.7. The summed E-state index contributed by atoms with van der Waals surface area (Å²) in [6.07, 6.45) is 5.10. The molecule has 0 spiro atoms. The minimum atomic E-state index is 0.440. The van der Waals surface area contributed by atoms with Gasteiger partial charge in [0, 0.05) is 24.2 Å². The molecule has 0 saturated carbocycles. The molecule has 0 fully saturated rings. The van der Waals surface area contributed by atoms with Crippen molar-refractivity contribution in [3.63, 3.8) is 0 Å². The minimum Gasteiger partial charge on any atom is -0.309 e. The van der Waals surface area contributed by atoms with E-state index in [1.54, 1.807) is 0 Å². The zero-order valence-electron chi connectivity index (χ0n) is 10.5. The number of aromatic nitrogens is 1. The molecule has 1 heterocycles. The summed E-state index contributed by atoms with van der Waals surface area (Å²) in [5.41, 5.74) is 2.67. The molecule has 1 unspecified atom stereocenters. The number of aryl methyl sites for hydroxylation is 1. The lowest BCUT2D eigenvalue weighted by atomic mass is 10.1. The Balaban J connectivity index is 2.65. The Kier molecular flexibility index (Phi) is 6.50. The van der Waals surface area contributed by atoms with Crippen LogP contribution in [0.2, 0.25) is 0 Å². The van der Waals surface area contributed by atoms with Crippen molar-refractivity contribution in [3.8, 4) is 0 Å². The van der Waals surface area contributed by atoms with Gasteiger partial charge in [0.2, 0.25) is 0 Å². The summed E-state index contributed by atoms with van der Waals surface area (Å²) in [6, 6.07) is 2.53. The molecule has 0 aliphatic heterocycles. The zero-order valence-corrected chi connectivity index (χ0v) is 11.3. The van der Waals surface area contributed by atoms with Crippen LogP contribution in [0.25, 0.3) is 0 Å². The van der Waals surface area contributed by atoms with Crippen molar-refractivity contribution in [2.45, 2.75) is 33.2 Å². The Morgan fingerprint density at radius 3 is 2.88 bits per heavy atom. The Hall–Kier alpha value is -0.540. The van der Waals surface area contributed by atoms with Crippen molar-refractivity contribution >= 4 is 11.8 Å². The number of thioether (sulfide) groups is 1. The average Bonchev–Trinajstić information content (AvgIpc) is 2.29. The molecule has 1 atom stereocenters. The molecule has 0 aliphatic rings. The van der Waals surface area contributed by atoms with E-state index in [0.29, 0.717) is 6.04 Å². The fourth-order valence-corrected chi connectivity index (χ4v) is 2.68. The van der Waals surface area contributed by atoms with Gasteiger partial charge in [-0.2, -0.15) is 11.8 Å². The number of hydrogen-bond acceptors (Lipinski definition) is 3. The third-order valence-corrected chi connectivity index (χ3v) is 3.80. The molecule has 0 amide bonds. The summed E-state index contributed by atoms with van der Waals surface area (Å²) in [4.78, 5) is 4.23. The fraction of sp³-hybridized carbons (Fsp3) is 0.615. The highest BCUT2D eigenvalue weighted by Gasteiger charge is 2.12. The summed E-state index contributed by atoms with van der Waals surface area (Å²) in [7, 11) is 0. The van der Waals surface area contributed by atoms with Crippen LogP contribution in [0.15, 0.2) is 18.5 Å². The molecular formula is C13H22N2S. The van der Waals surface area contributed by atoms with Gasteiger partial charge in [-0.1, -0.05) is 13.8 Å². The summed E-state index contributed by atoms with van der Waals surface area (Å²) in [5.74, 6) is 2.37. The largest absolute Gasteiger partial charge is 0.309 e. The third-order valence-electron chi connectivity index (χ3n) is 2.54. The van der Waals surface area contributed by atoms with Crippen LogP contribution in [-0.2, 0) is 0 Å². The van der Waals surface area contributed by atoms with Gasteiger partial charge in [-0.25, -0.2) is 0 Å². The van der Waals surface area contributed by atoms with Gasteiger partial charge < -0.3 is 5.32 Å². The molecule has 0 saturated heterocycles. The predicted molar refractivity (Wildman–Crippen MR) is 73.0 cm³/mol. The van der Waals surface area contributed by atoms with Crippen molar-refractivity contribution in [3.05, 3.63) is 29.6 Å². The highest BCUT2D eigenvalue weighted by molar-refractivity contribution is 7.99. The maximum absolute atomic E-state index is 4.23. The zero-order chi connectivity index (χ0) is 11.8. The van der Waals surface area contributed by atoms with Crippen molar-refractivity contribution in [1.29, 1.82) is 0 Å². The van der Waals surface area contributed by atoms with Gasteiger partial charge in [0.05, 0.1) is 0 Å². The number of nitrogens with one attached hydrogen (secondary N) is 1. The molecule has 0 radical (unpaired) electrons. The minimum absolute atomic E-state index is 0.440. The van der Waals surface area contributed by atoms with Gasteiger partial charge in [0.1, 0.15) is 0 Å². The molecule has 1 aromatic rings. The quantitative estimate of drug-likeness (QED) is 0.739. The second-order valence-electron chi connectivity index (χ2n) is 3.92. The summed E-state index contributed by atoms with van der Waals surface area (Å²) < 4.78 is 0. The molecule has 1 aromatic heterocycles. The number of pyridine rings is 1. The highest BCUT2D eigenvalue weighted by atomic mass is 32.2. The van der Waals surface area contributed by atoms with Crippen molar-refractivity contribution in [1.82, 2.24) is 10.3 Å². The van der Waals surface area contributed by atoms with E-state index in [0.717, 1.165) is 12.3 Å². The topological polar surface area (TPSA) is 24.9 Å². The predicted octanol–water partition coefficient (Wildman–Crippen LogP) is 3.18. The van der Waals surface area contributed by atoms with E-state index in [-0.39, 0.29) is 0 Å². The van der Waals surface area contributed by atoms with Crippen molar-refractivity contribution in [2.24, 2.45) is 0 Å². The van der Waals surface area contributed by atoms with Crippen LogP contribution in [0.4, 0.5) is 0 Å². The summed E-state index contributed by atoms with van der Waals surface area (Å²) in [6.45, 7) is 7.55. The molecule has 0 bridgehead atoms. The fourth-order valence-electron chi connectivity index (χ4n) is 1.69. The van der Waals surface area contributed by atoms with E-state index in [1.807, 2.05) is 24.2 Å². The van der Waals surface area contributed by atoms with E-state index in [1.165, 1.54) is 23.3 Å². The Morgan fingerprint density at radius 2 is 2.25 bits per heavy atom. The lowest BCUT2D eigenvalue weighted by molar-refractivity contribution is 0.601. The van der Waals surface area contributed by atoms with Crippen molar-refractivity contribution in [2.75, 3.05) is 18.1 Å². The summed E-state index contributed by atoms with van der Waals surface area (Å²) >= 11 is 2.01. The van der Waals surface area contributed by atoms with Gasteiger partial charge in [-0.3, -0.25) is 4.98 Å². The van der Waals surface area contributed by atoms with Crippen LogP contribution in [0.3, 0.4) is 0 Å². The third kappa shape index (κ3) is 4.14. The first-order chi connectivity index (χ1) is 7.79. The van der Waals surface area contributed by atoms with Gasteiger partial charge in [-0.15, -0.1) is 0 Å². The average molecular weight is 238 g/mol. The van der Waals surface area contributed by atoms with Crippen LogP contribution in [0.1, 0.15) is 37.4 Å². The van der Waals surface area contributed by atoms with Crippen LogP contribution in [0.5, 0.6) is 0 Å². The molecular weight excluding hydrogens is 216 g/mol. The first-order valence-corrected chi connectivity index (χ1v) is 7.16. The van der Waals surface area contributed by atoms with Crippen LogP contribution in [-0.4, -0.2) is 23.0 Å². The first kappa shape index (κ1) is 13.5. The van der Waals surface area contributed by atoms with E-state index in [9.17, 15) is 0 Å². The van der Waals surface area contributed by atoms with E-state index in [4.69, 9.17) is 0 Å². The van der Waals surface area contributed by atoms with E-state index in [2.05, 4.69) is 37.1 Å². The Bertz CT molecular complexity index is 302. The number of rotatable bonds is 7. The summed E-state index contributed by atoms with van der Waals surface area (Å²) in [5, 5.41) is 3.54. The number of hydrogen-bond donors (Lipinski definition) is 1. The Morgan fingerprint density at radius 1 is 1.44 bits per heavy atom. The lowest BCUT2D eigenvalue weighted by Crippen LogP contribution is -2.24. The standard InChI is InChI=1S/C13H22N2S/c1-4-8-16-10-13(15-5-2)12-9-14-7-6-11(12)3/h6-7,9,13,15H,4-5,8,10H2,1-3H3. The van der Waals surface area contributed by atoms with E-state index < -0.39 is 0 Å². The molecule has 1 rings (SSSR count). The van der Waals surface area contributed by atoms with Gasteiger partial charge in [-0.05, 0) is 42.8 Å². The number of nitrogens with zero attached hydrogens (tertiary/aromatic N) is 1. The van der Waals surface area contributed by atoms with Crippen LogP contribution < -0.4 is 5.32 Å². The lowest BCUT2D eigenvalue weighted by Gasteiger charge is -2.19. The maximum atomic E-state index is 4.23. The molecule has 16 heavy (non-hydrogen) atoms. The second kappa shape index (κ2) is 7.69. The molecule has 90 valence electrons. The first-order valence-electron chi connectivity index (χ1n) is 6.01. The van der Waals surface area contributed by atoms with Crippen LogP contribution in [0, 0.1) is 6.92 Å². The molecule has 3 heteroatoms. The molecule has 1 N–H and O–H groups in total. The van der Waals surface area contributed by atoms with E-state index >= 15 is 0 Å². The van der Waals surface area contributed by atoms with Crippen LogP contribution >= 0.6 is 11.8 Å². The second-order valence-corrected chi connectivity index (χ2v) is 5.07. The maximum Gasteiger partial charge on any atom is 0.0429 e. The monoisotopic (exact) mass is 238 g/mol. The molecule has 0 aromatic carbocycles. The molecule has 2 nitrogen and oxygen atoms in total. The highest BCUT2D eigenvalue weighted by Crippen LogP contribution is 2.21. The van der Waals surface area contributed by atoms with Crippen molar-refractivity contribution < 1.29 is 0 Å². The Labute approximate surface area is 103 Å². The van der Waals surface area contributed by atoms with Gasteiger partial charge in [0.25, 0.3) is 0 Å². The van der Waals surface area contributed by atoms with Gasteiger partial charge >= 0.3 is 0 Å². The molecule has 0 aliphatic carbocycles. The smallest absolute Gasteiger partial charge is 0.0429 e. The SMILES string of the molecule is CCCSCC(NCC)c1cnccc1C.